The molecule has 0 unspecified atom stereocenters. The Bertz CT molecular complexity index is 1210. The lowest BCUT2D eigenvalue weighted by Gasteiger charge is -2.60. The molecule has 8 heteroatoms. The number of carbonyl (C=O) groups is 4. The lowest BCUT2D eigenvalue weighted by Crippen LogP contribution is -2.75. The molecule has 0 aromatic heterocycles. The molecule has 3 N–H and O–H groups in total. The van der Waals surface area contributed by atoms with Crippen LogP contribution in [0.5, 0.6) is 0 Å². The molecule has 0 aromatic carbocycles. The number of hydrogen-bond acceptors (Lipinski definition) is 8. The van der Waals surface area contributed by atoms with Crippen molar-refractivity contribution in [2.45, 2.75) is 52.7 Å². The number of hydrogen-bond donors (Lipinski definition) is 3. The number of cyclic esters (lactones) is 1. The smallest absolute Gasteiger partial charge is 0.338 e. The number of aliphatic hydroxyl groups excluding tert-OH is 2. The number of ether oxygens (including phenoxy) is 1. The van der Waals surface area contributed by atoms with Gasteiger partial charge in [-0.1, -0.05) is 36.5 Å². The predicted octanol–water partition coefficient (Wildman–Crippen LogP) is 3.55. The molecule has 1 heterocycles. The number of carbonyl (C=O) groups excluding carboxylic acids is 4. The molecule has 36 heavy (non-hydrogen) atoms. The molecule has 0 radical (unpaired) electrons. The van der Waals surface area contributed by atoms with Gasteiger partial charge in [-0.3, -0.25) is 14.4 Å². The van der Waals surface area contributed by atoms with E-state index in [0.29, 0.717) is 0 Å². The fourth-order valence-electron chi connectivity index (χ4n) is 5.93. The monoisotopic (exact) mass is 496 g/mol. The van der Waals surface area contributed by atoms with E-state index in [0.717, 1.165) is 0 Å². The van der Waals surface area contributed by atoms with Crippen molar-refractivity contribution in [3.8, 4) is 0 Å². The number of allylic oxidation sites excluding steroid dienone is 8. The maximum atomic E-state index is 13.8. The van der Waals surface area contributed by atoms with E-state index >= 15 is 0 Å². The van der Waals surface area contributed by atoms with Gasteiger partial charge in [0.25, 0.3) is 0 Å². The van der Waals surface area contributed by atoms with Crippen molar-refractivity contribution in [1.29, 1.82) is 0 Å². The third kappa shape index (κ3) is 3.63. The summed E-state index contributed by atoms with van der Waals surface area (Å²) >= 11 is 0. The minimum atomic E-state index is -2.22. The molecular formula is C28H32O8. The Kier molecular flexibility index (Phi) is 6.89. The van der Waals surface area contributed by atoms with Crippen LogP contribution >= 0.6 is 0 Å². The van der Waals surface area contributed by atoms with Gasteiger partial charge in [0.2, 0.25) is 0 Å². The van der Waals surface area contributed by atoms with Gasteiger partial charge in [-0.2, -0.15) is 0 Å². The molecule has 4 rings (SSSR count). The van der Waals surface area contributed by atoms with Crippen molar-refractivity contribution in [3.05, 3.63) is 71.3 Å². The Balaban J connectivity index is 2.41. The third-order valence-corrected chi connectivity index (χ3v) is 7.68. The summed E-state index contributed by atoms with van der Waals surface area (Å²) in [5.41, 5.74) is -6.53. The summed E-state index contributed by atoms with van der Waals surface area (Å²) in [4.78, 5) is 53.5. The largest absolute Gasteiger partial charge is 0.508 e. The van der Waals surface area contributed by atoms with E-state index in [1.165, 1.54) is 52.0 Å². The summed E-state index contributed by atoms with van der Waals surface area (Å²) in [6, 6.07) is 0. The van der Waals surface area contributed by atoms with E-state index in [2.05, 4.69) is 0 Å². The lowest BCUT2D eigenvalue weighted by molar-refractivity contribution is -0.203. The first-order valence-corrected chi connectivity index (χ1v) is 11.7. The van der Waals surface area contributed by atoms with Crippen molar-refractivity contribution in [1.82, 2.24) is 0 Å². The van der Waals surface area contributed by atoms with Crippen LogP contribution in [0.25, 0.3) is 0 Å². The number of rotatable bonds is 6. The summed E-state index contributed by atoms with van der Waals surface area (Å²) < 4.78 is 5.59. The second-order valence-electron chi connectivity index (χ2n) is 9.93. The topological polar surface area (TPSA) is 138 Å². The maximum absolute atomic E-state index is 13.8. The van der Waals surface area contributed by atoms with Crippen LogP contribution in [0.1, 0.15) is 41.5 Å². The molecule has 4 aliphatic rings. The average molecular weight is 497 g/mol. The molecule has 0 amide bonds. The number of esters is 1. The van der Waals surface area contributed by atoms with Crippen LogP contribution < -0.4 is 0 Å². The van der Waals surface area contributed by atoms with E-state index in [1.54, 1.807) is 38.2 Å². The zero-order chi connectivity index (χ0) is 27.2. The Labute approximate surface area is 210 Å². The zero-order valence-electron chi connectivity index (χ0n) is 21.2. The SMILES string of the molecule is C/C=C/C=C/C(=O)[C@H]1[C@@H]([C@]2(C)OC(=O)C(C)=C2O)[C@@H]2\C(=C(O)/C=C/C=C/C)C(=O)[C@@]1(C)C(=O)[C@]2(C)O. The minimum absolute atomic E-state index is 0.0835. The van der Waals surface area contributed by atoms with Gasteiger partial charge in [0.1, 0.15) is 22.5 Å². The van der Waals surface area contributed by atoms with E-state index in [1.807, 2.05) is 0 Å². The standard InChI is InChI=1S/C28H32O8/c1-7-9-11-13-16(29)18-20-21(28(6)22(31)15(3)24(33)36-28)19(17(30)14-12-10-8-2)26(4,23(18)32)25(34)27(20,5)35/h7-14,19-21,29,31,35H,1-6H3/b9-7+,10-8+,13-11+,14-12+,18-16-/t19-,20-,21+,26-,27+,28-/m0/s1. The zero-order valence-corrected chi connectivity index (χ0v) is 21.2. The quantitative estimate of drug-likeness (QED) is 0.167. The number of ketones is 3. The molecule has 0 aromatic rings. The van der Waals surface area contributed by atoms with Gasteiger partial charge < -0.3 is 20.1 Å². The maximum Gasteiger partial charge on any atom is 0.338 e. The number of fused-ring (bicyclic) bond motifs is 3. The van der Waals surface area contributed by atoms with Gasteiger partial charge in [-0.15, -0.1) is 0 Å². The average Bonchev–Trinajstić information content (AvgIpc) is 3.01. The van der Waals surface area contributed by atoms with Crippen LogP contribution in [0.2, 0.25) is 0 Å². The van der Waals surface area contributed by atoms with Crippen LogP contribution in [0.3, 0.4) is 0 Å². The van der Waals surface area contributed by atoms with E-state index in [9.17, 15) is 34.5 Å². The highest BCUT2D eigenvalue weighted by Gasteiger charge is 2.77. The van der Waals surface area contributed by atoms with Gasteiger partial charge in [-0.05, 0) is 53.7 Å². The molecule has 0 saturated heterocycles. The van der Waals surface area contributed by atoms with Crippen LogP contribution in [0, 0.1) is 23.2 Å². The van der Waals surface area contributed by atoms with Crippen molar-refractivity contribution >= 4 is 23.3 Å². The molecule has 3 fully saturated rings. The Morgan fingerprint density at radius 2 is 1.53 bits per heavy atom. The second-order valence-corrected chi connectivity index (χ2v) is 9.93. The van der Waals surface area contributed by atoms with Crippen molar-refractivity contribution in [2.75, 3.05) is 0 Å². The Hall–Kier alpha value is -3.52. The Morgan fingerprint density at radius 1 is 0.972 bits per heavy atom. The molecule has 3 aliphatic carbocycles. The fraction of sp³-hybridized carbons (Fsp3) is 0.429. The van der Waals surface area contributed by atoms with Crippen molar-refractivity contribution < 1.29 is 39.2 Å². The van der Waals surface area contributed by atoms with Crippen LogP contribution in [0.4, 0.5) is 0 Å². The van der Waals surface area contributed by atoms with Crippen LogP contribution in [-0.4, -0.2) is 49.8 Å². The fourth-order valence-corrected chi connectivity index (χ4v) is 5.93. The van der Waals surface area contributed by atoms with E-state index in [4.69, 9.17) is 4.74 Å². The van der Waals surface area contributed by atoms with Gasteiger partial charge in [0.05, 0.1) is 5.57 Å². The number of aliphatic hydroxyl groups is 3. The molecule has 192 valence electrons. The van der Waals surface area contributed by atoms with Gasteiger partial charge in [0, 0.05) is 23.3 Å². The molecule has 0 spiro atoms. The van der Waals surface area contributed by atoms with Gasteiger partial charge in [0.15, 0.2) is 23.0 Å². The minimum Gasteiger partial charge on any atom is -0.508 e. The molecule has 2 bridgehead atoms. The Morgan fingerprint density at radius 3 is 2.03 bits per heavy atom. The third-order valence-electron chi connectivity index (χ3n) is 7.68. The van der Waals surface area contributed by atoms with Crippen molar-refractivity contribution in [3.63, 3.8) is 0 Å². The lowest BCUT2D eigenvalue weighted by atomic mass is 9.40. The highest BCUT2D eigenvalue weighted by atomic mass is 16.6. The first-order chi connectivity index (χ1) is 16.7. The molecule has 3 saturated carbocycles. The summed E-state index contributed by atoms with van der Waals surface area (Å²) in [6.45, 7) is 8.72. The molecule has 1 aliphatic heterocycles. The second kappa shape index (κ2) is 9.17. The van der Waals surface area contributed by atoms with Crippen LogP contribution in [0.15, 0.2) is 71.3 Å². The predicted molar refractivity (Wildman–Crippen MR) is 132 cm³/mol. The van der Waals surface area contributed by atoms with Crippen LogP contribution in [-0.2, 0) is 23.9 Å². The van der Waals surface area contributed by atoms with E-state index in [-0.39, 0.29) is 11.1 Å². The first kappa shape index (κ1) is 27.1. The number of Topliss-reactive ketones (excluding diaryl/α,β-unsaturated/α-hetero) is 2. The summed E-state index contributed by atoms with van der Waals surface area (Å²) in [7, 11) is 0. The molecule has 6 atom stereocenters. The summed E-state index contributed by atoms with van der Waals surface area (Å²) in [6.07, 6.45) is 12.0. The summed E-state index contributed by atoms with van der Waals surface area (Å²) in [5, 5.41) is 33.5. The normalized spacial score (nSPS) is 38.4. The molecular weight excluding hydrogens is 464 g/mol. The highest BCUT2D eigenvalue weighted by Crippen LogP contribution is 2.64. The van der Waals surface area contributed by atoms with Crippen molar-refractivity contribution in [2.24, 2.45) is 23.2 Å². The first-order valence-electron chi connectivity index (χ1n) is 11.7. The summed E-state index contributed by atoms with van der Waals surface area (Å²) in [5.74, 6) is -8.17. The van der Waals surface area contributed by atoms with Gasteiger partial charge in [-0.25, -0.2) is 4.79 Å². The molecule has 8 nitrogen and oxygen atoms in total. The van der Waals surface area contributed by atoms with E-state index < -0.39 is 69.2 Å². The highest BCUT2D eigenvalue weighted by molar-refractivity contribution is 6.24. The van der Waals surface area contributed by atoms with Gasteiger partial charge >= 0.3 is 5.97 Å².